The van der Waals surface area contributed by atoms with Crippen molar-refractivity contribution < 1.29 is 13.8 Å². The summed E-state index contributed by atoms with van der Waals surface area (Å²) < 4.78 is 16.8. The second-order valence-corrected chi connectivity index (χ2v) is 5.57. The fraction of sp³-hybridized carbons (Fsp3) is 0.500. The van der Waals surface area contributed by atoms with Gasteiger partial charge in [-0.15, -0.1) is 0 Å². The molecule has 0 atom stereocenters. The van der Waals surface area contributed by atoms with E-state index in [1.165, 1.54) is 0 Å². The van der Waals surface area contributed by atoms with Crippen molar-refractivity contribution in [2.24, 2.45) is 0 Å². The lowest BCUT2D eigenvalue weighted by Crippen LogP contribution is -2.41. The van der Waals surface area contributed by atoms with E-state index in [4.69, 9.17) is 13.8 Å². The molecule has 3 heterocycles. The number of fused-ring (bicyclic) bond motifs is 1. The van der Waals surface area contributed by atoms with E-state index in [1.807, 2.05) is 33.8 Å². The maximum Gasteiger partial charge on any atom is 0.514 e. The molecule has 1 fully saturated rings. The second kappa shape index (κ2) is 3.55. The van der Waals surface area contributed by atoms with Gasteiger partial charge in [-0.25, -0.2) is 0 Å². The SMILES string of the molecule is CC1(C)OB(c2cc3conc3cn2)OC1(C)C. The van der Waals surface area contributed by atoms with Crippen LogP contribution in [-0.4, -0.2) is 28.5 Å². The Morgan fingerprint density at radius 2 is 1.78 bits per heavy atom. The molecule has 5 nitrogen and oxygen atoms in total. The van der Waals surface area contributed by atoms with Crippen molar-refractivity contribution in [3.8, 4) is 0 Å². The zero-order valence-corrected chi connectivity index (χ0v) is 10.9. The van der Waals surface area contributed by atoms with Crippen molar-refractivity contribution in [1.29, 1.82) is 0 Å². The van der Waals surface area contributed by atoms with Gasteiger partial charge < -0.3 is 13.8 Å². The molecule has 0 saturated carbocycles. The van der Waals surface area contributed by atoms with Gasteiger partial charge >= 0.3 is 7.12 Å². The molecule has 0 N–H and O–H groups in total. The molecule has 0 unspecified atom stereocenters. The van der Waals surface area contributed by atoms with E-state index in [-0.39, 0.29) is 11.2 Å². The molecule has 2 aromatic rings. The van der Waals surface area contributed by atoms with E-state index in [2.05, 4.69) is 10.1 Å². The van der Waals surface area contributed by atoms with Crippen LogP contribution in [0.2, 0.25) is 0 Å². The van der Waals surface area contributed by atoms with Crippen molar-refractivity contribution in [3.63, 3.8) is 0 Å². The summed E-state index contributed by atoms with van der Waals surface area (Å²) in [7, 11) is -0.450. The predicted octanol–water partition coefficient (Wildman–Crippen LogP) is 1.52. The first-order chi connectivity index (χ1) is 8.39. The highest BCUT2D eigenvalue weighted by Crippen LogP contribution is 2.36. The first-order valence-electron chi connectivity index (χ1n) is 5.95. The van der Waals surface area contributed by atoms with E-state index >= 15 is 0 Å². The quantitative estimate of drug-likeness (QED) is 0.714. The van der Waals surface area contributed by atoms with Crippen molar-refractivity contribution in [1.82, 2.24) is 10.1 Å². The summed E-state index contributed by atoms with van der Waals surface area (Å²) in [5, 5.41) is 4.72. The summed E-state index contributed by atoms with van der Waals surface area (Å²) in [6.45, 7) is 8.08. The Hall–Kier alpha value is -1.40. The zero-order valence-electron chi connectivity index (χ0n) is 10.9. The van der Waals surface area contributed by atoms with Crippen LogP contribution < -0.4 is 5.59 Å². The molecule has 0 aliphatic carbocycles. The monoisotopic (exact) mass is 246 g/mol. The Morgan fingerprint density at radius 1 is 1.11 bits per heavy atom. The fourth-order valence-electron chi connectivity index (χ4n) is 1.88. The third-order valence-electron chi connectivity index (χ3n) is 3.76. The average Bonchev–Trinajstić information content (AvgIpc) is 2.80. The minimum Gasteiger partial charge on any atom is -0.398 e. The van der Waals surface area contributed by atoms with Crippen LogP contribution in [0.25, 0.3) is 10.9 Å². The van der Waals surface area contributed by atoms with Crippen LogP contribution in [0.3, 0.4) is 0 Å². The minimum absolute atomic E-state index is 0.358. The highest BCUT2D eigenvalue weighted by atomic mass is 16.7. The molecule has 1 saturated heterocycles. The van der Waals surface area contributed by atoms with Gasteiger partial charge in [-0.3, -0.25) is 4.98 Å². The Kier molecular flexibility index (Phi) is 2.31. The molecule has 0 radical (unpaired) electrons. The average molecular weight is 246 g/mol. The first-order valence-corrected chi connectivity index (χ1v) is 5.95. The van der Waals surface area contributed by atoms with Crippen molar-refractivity contribution in [2.75, 3.05) is 0 Å². The van der Waals surface area contributed by atoms with Gasteiger partial charge in [0.25, 0.3) is 0 Å². The molecule has 0 spiro atoms. The van der Waals surface area contributed by atoms with Crippen LogP contribution in [0.1, 0.15) is 27.7 Å². The van der Waals surface area contributed by atoms with Gasteiger partial charge in [0, 0.05) is 5.39 Å². The van der Waals surface area contributed by atoms with E-state index in [0.717, 1.165) is 16.5 Å². The summed E-state index contributed by atoms with van der Waals surface area (Å²) in [6, 6.07) is 1.88. The summed E-state index contributed by atoms with van der Waals surface area (Å²) in [6.07, 6.45) is 3.25. The lowest BCUT2D eigenvalue weighted by atomic mass is 9.84. The smallest absolute Gasteiger partial charge is 0.398 e. The third-order valence-corrected chi connectivity index (χ3v) is 3.76. The number of hydrogen-bond acceptors (Lipinski definition) is 5. The number of hydrogen-bond donors (Lipinski definition) is 0. The summed E-state index contributed by atoms with van der Waals surface area (Å²) in [5.74, 6) is 0. The molecule has 1 aliphatic heterocycles. The molecule has 0 amide bonds. The molecule has 18 heavy (non-hydrogen) atoms. The van der Waals surface area contributed by atoms with Gasteiger partial charge in [0.15, 0.2) is 0 Å². The number of rotatable bonds is 1. The van der Waals surface area contributed by atoms with Crippen LogP contribution in [0.5, 0.6) is 0 Å². The molecular formula is C12H15BN2O3. The number of pyridine rings is 1. The molecule has 0 aromatic carbocycles. The third kappa shape index (κ3) is 1.64. The summed E-state index contributed by atoms with van der Waals surface area (Å²) in [4.78, 5) is 4.32. The highest BCUT2D eigenvalue weighted by Gasteiger charge is 2.52. The van der Waals surface area contributed by atoms with E-state index in [9.17, 15) is 0 Å². The van der Waals surface area contributed by atoms with E-state index < -0.39 is 7.12 Å². The number of nitrogens with zero attached hydrogens (tertiary/aromatic N) is 2. The standard InChI is InChI=1S/C12H15BN2O3/c1-11(2)12(3,4)18-13(17-11)10-5-8-7-16-15-9(8)6-14-10/h5-7H,1-4H3. The first kappa shape index (κ1) is 11.7. The van der Waals surface area contributed by atoms with Crippen LogP contribution in [-0.2, 0) is 9.31 Å². The number of aromatic nitrogens is 2. The van der Waals surface area contributed by atoms with Crippen LogP contribution in [0, 0.1) is 0 Å². The highest BCUT2D eigenvalue weighted by molar-refractivity contribution is 6.61. The van der Waals surface area contributed by atoms with Crippen LogP contribution >= 0.6 is 0 Å². The van der Waals surface area contributed by atoms with Crippen molar-refractivity contribution in [3.05, 3.63) is 18.5 Å². The van der Waals surface area contributed by atoms with Gasteiger partial charge in [-0.1, -0.05) is 5.16 Å². The maximum atomic E-state index is 5.94. The largest absolute Gasteiger partial charge is 0.514 e. The molecule has 1 aliphatic rings. The topological polar surface area (TPSA) is 57.4 Å². The Labute approximate surface area is 106 Å². The van der Waals surface area contributed by atoms with Gasteiger partial charge in [-0.2, -0.15) is 0 Å². The molecular weight excluding hydrogens is 231 g/mol. The summed E-state index contributed by atoms with van der Waals surface area (Å²) in [5.41, 5.74) is 0.755. The Bertz CT molecular complexity index is 578. The molecule has 0 bridgehead atoms. The van der Waals surface area contributed by atoms with Gasteiger partial charge in [0.1, 0.15) is 11.8 Å². The van der Waals surface area contributed by atoms with Gasteiger partial charge in [0.2, 0.25) is 0 Å². The molecule has 6 heteroatoms. The van der Waals surface area contributed by atoms with Crippen molar-refractivity contribution in [2.45, 2.75) is 38.9 Å². The Balaban J connectivity index is 1.96. The van der Waals surface area contributed by atoms with Crippen LogP contribution in [0.4, 0.5) is 0 Å². The predicted molar refractivity (Wildman–Crippen MR) is 67.5 cm³/mol. The molecule has 2 aromatic heterocycles. The molecule has 94 valence electrons. The maximum absolute atomic E-state index is 5.94. The van der Waals surface area contributed by atoms with E-state index in [0.29, 0.717) is 0 Å². The summed E-state index contributed by atoms with van der Waals surface area (Å²) >= 11 is 0. The van der Waals surface area contributed by atoms with Gasteiger partial charge in [-0.05, 0) is 33.8 Å². The van der Waals surface area contributed by atoms with Gasteiger partial charge in [0.05, 0.1) is 23.0 Å². The second-order valence-electron chi connectivity index (χ2n) is 5.57. The normalized spacial score (nSPS) is 21.7. The fourth-order valence-corrected chi connectivity index (χ4v) is 1.88. The molecule has 3 rings (SSSR count). The minimum atomic E-state index is -0.450. The van der Waals surface area contributed by atoms with E-state index in [1.54, 1.807) is 12.5 Å². The lowest BCUT2D eigenvalue weighted by molar-refractivity contribution is 0.00578. The zero-order chi connectivity index (χ0) is 13.0. The van der Waals surface area contributed by atoms with Crippen molar-refractivity contribution >= 4 is 23.6 Å². The Morgan fingerprint density at radius 3 is 2.44 bits per heavy atom. The van der Waals surface area contributed by atoms with Crippen LogP contribution in [0.15, 0.2) is 23.0 Å². The lowest BCUT2D eigenvalue weighted by Gasteiger charge is -2.32.